The van der Waals surface area contributed by atoms with E-state index in [0.29, 0.717) is 11.9 Å². The molecule has 0 N–H and O–H groups in total. The lowest BCUT2D eigenvalue weighted by Gasteiger charge is -2.06. The van der Waals surface area contributed by atoms with E-state index in [1.54, 1.807) is 6.20 Å². The van der Waals surface area contributed by atoms with Gasteiger partial charge in [0.05, 0.1) is 22.0 Å². The average molecular weight is 359 g/mol. The van der Waals surface area contributed by atoms with Crippen LogP contribution in [0.25, 0.3) is 10.1 Å². The van der Waals surface area contributed by atoms with Crippen LogP contribution >= 0.6 is 11.3 Å². The van der Waals surface area contributed by atoms with Gasteiger partial charge >= 0.3 is 0 Å². The number of thiophene rings is 1. The molecule has 0 amide bonds. The second-order valence-electron chi connectivity index (χ2n) is 5.82. The van der Waals surface area contributed by atoms with E-state index in [2.05, 4.69) is 5.10 Å². The highest BCUT2D eigenvalue weighted by Crippen LogP contribution is 2.31. The van der Waals surface area contributed by atoms with Gasteiger partial charge in [-0.1, -0.05) is 60.7 Å². The third kappa shape index (κ3) is 3.09. The van der Waals surface area contributed by atoms with Crippen LogP contribution in [-0.2, 0) is 6.54 Å². The van der Waals surface area contributed by atoms with Crippen LogP contribution in [0.1, 0.15) is 18.1 Å². The predicted octanol–water partition coefficient (Wildman–Crippen LogP) is 4.65. The van der Waals surface area contributed by atoms with Gasteiger partial charge < -0.3 is 0 Å². The van der Waals surface area contributed by atoms with Gasteiger partial charge in [-0.05, 0) is 13.0 Å². The fourth-order valence-corrected chi connectivity index (χ4v) is 3.74. The normalized spacial score (nSPS) is 10.8. The first-order chi connectivity index (χ1) is 12.8. The Bertz CT molecular complexity index is 1090. The molecule has 26 heavy (non-hydrogen) atoms. The van der Waals surface area contributed by atoms with Crippen molar-refractivity contribution in [3.63, 3.8) is 0 Å². The monoisotopic (exact) mass is 359 g/mol. The topological polar surface area (TPSA) is 47.2 Å². The van der Waals surface area contributed by atoms with Crippen LogP contribution in [0.2, 0.25) is 0 Å². The second-order valence-corrected chi connectivity index (χ2v) is 6.88. The van der Waals surface area contributed by atoms with E-state index in [-0.39, 0.29) is 5.56 Å². The van der Waals surface area contributed by atoms with Crippen molar-refractivity contribution in [3.8, 4) is 0 Å². The number of benzene rings is 2. The number of hydrogen-bond acceptors (Lipinski definition) is 4. The van der Waals surface area contributed by atoms with Gasteiger partial charge in [-0.25, -0.2) is 9.67 Å². The molecule has 4 rings (SSSR count). The minimum Gasteiger partial charge on any atom is -0.267 e. The van der Waals surface area contributed by atoms with Gasteiger partial charge in [0.1, 0.15) is 5.00 Å². The summed E-state index contributed by atoms with van der Waals surface area (Å²) in [5.74, 6) is 0. The molecule has 5 heteroatoms. The summed E-state index contributed by atoms with van der Waals surface area (Å²) >= 11 is 1.48. The Kier molecular flexibility index (Phi) is 4.46. The standard InChI is InChI=1S/C21H17N3OS/c1-2-24-21(25)17-13-19(26-18(17)14-22-24)23-20(15-9-5-3-6-10-15)16-11-7-4-8-12-16/h3-14H,2H2,1H3. The molecule has 0 fully saturated rings. The van der Waals surface area contributed by atoms with Crippen LogP contribution in [0.4, 0.5) is 5.00 Å². The molecule has 2 heterocycles. The first kappa shape index (κ1) is 16.4. The number of rotatable bonds is 4. The van der Waals surface area contributed by atoms with Crippen LogP contribution in [0, 0.1) is 0 Å². The van der Waals surface area contributed by atoms with Gasteiger partial charge in [0.25, 0.3) is 5.56 Å². The minimum atomic E-state index is -0.0660. The van der Waals surface area contributed by atoms with Crippen molar-refractivity contribution in [1.82, 2.24) is 9.78 Å². The van der Waals surface area contributed by atoms with E-state index in [0.717, 1.165) is 26.5 Å². The Morgan fingerprint density at radius 1 is 1.04 bits per heavy atom. The van der Waals surface area contributed by atoms with Gasteiger partial charge in [-0.15, -0.1) is 11.3 Å². The molecule has 0 aliphatic carbocycles. The molecule has 0 spiro atoms. The fourth-order valence-electron chi connectivity index (χ4n) is 2.85. The van der Waals surface area contributed by atoms with E-state index in [9.17, 15) is 4.79 Å². The summed E-state index contributed by atoms with van der Waals surface area (Å²) < 4.78 is 2.33. The Balaban J connectivity index is 1.89. The molecule has 0 unspecified atom stereocenters. The third-order valence-electron chi connectivity index (χ3n) is 4.14. The molecular weight excluding hydrogens is 342 g/mol. The summed E-state index contributed by atoms with van der Waals surface area (Å²) in [6.45, 7) is 2.47. The zero-order chi connectivity index (χ0) is 17.9. The van der Waals surface area contributed by atoms with E-state index < -0.39 is 0 Å². The van der Waals surface area contributed by atoms with Crippen molar-refractivity contribution in [1.29, 1.82) is 0 Å². The molecule has 0 saturated carbocycles. The van der Waals surface area contributed by atoms with Gasteiger partial charge in [0, 0.05) is 17.7 Å². The molecule has 2 aromatic carbocycles. The van der Waals surface area contributed by atoms with Crippen LogP contribution < -0.4 is 5.56 Å². The molecule has 4 nitrogen and oxygen atoms in total. The summed E-state index contributed by atoms with van der Waals surface area (Å²) in [7, 11) is 0. The van der Waals surface area contributed by atoms with Gasteiger partial charge in [-0.3, -0.25) is 4.79 Å². The van der Waals surface area contributed by atoms with Crippen molar-refractivity contribution in [2.24, 2.45) is 4.99 Å². The van der Waals surface area contributed by atoms with Crippen molar-refractivity contribution < 1.29 is 0 Å². The molecule has 0 aliphatic rings. The van der Waals surface area contributed by atoms with Gasteiger partial charge in [-0.2, -0.15) is 5.10 Å². The number of aryl methyl sites for hydroxylation is 1. The summed E-state index contributed by atoms with van der Waals surface area (Å²) in [6, 6.07) is 22.0. The summed E-state index contributed by atoms with van der Waals surface area (Å²) in [5, 5.41) is 5.67. The summed E-state index contributed by atoms with van der Waals surface area (Å²) in [4.78, 5) is 17.3. The number of hydrogen-bond donors (Lipinski definition) is 0. The van der Waals surface area contributed by atoms with E-state index >= 15 is 0 Å². The highest BCUT2D eigenvalue weighted by atomic mass is 32.1. The zero-order valence-electron chi connectivity index (χ0n) is 14.3. The molecular formula is C21H17N3OS. The SMILES string of the molecule is CCn1ncc2sc(N=C(c3ccccc3)c3ccccc3)cc2c1=O. The van der Waals surface area contributed by atoms with E-state index in [4.69, 9.17) is 4.99 Å². The number of nitrogens with zero attached hydrogens (tertiary/aromatic N) is 3. The van der Waals surface area contributed by atoms with E-state index in [1.807, 2.05) is 73.7 Å². The highest BCUT2D eigenvalue weighted by Gasteiger charge is 2.11. The lowest BCUT2D eigenvalue weighted by molar-refractivity contribution is 0.623. The van der Waals surface area contributed by atoms with Crippen LogP contribution in [0.15, 0.2) is 82.7 Å². The average Bonchev–Trinajstić information content (AvgIpc) is 3.12. The molecule has 0 saturated heterocycles. The Morgan fingerprint density at radius 3 is 2.23 bits per heavy atom. The predicted molar refractivity (Wildman–Crippen MR) is 108 cm³/mol. The highest BCUT2D eigenvalue weighted by molar-refractivity contribution is 7.22. The molecule has 128 valence electrons. The van der Waals surface area contributed by atoms with Crippen molar-refractivity contribution >= 4 is 32.1 Å². The maximum absolute atomic E-state index is 12.5. The van der Waals surface area contributed by atoms with Crippen LogP contribution in [0.5, 0.6) is 0 Å². The molecule has 4 aromatic rings. The lowest BCUT2D eigenvalue weighted by atomic mass is 10.0. The van der Waals surface area contributed by atoms with Crippen LogP contribution in [-0.4, -0.2) is 15.5 Å². The number of fused-ring (bicyclic) bond motifs is 1. The Labute approximate surface area is 155 Å². The first-order valence-electron chi connectivity index (χ1n) is 8.45. The smallest absolute Gasteiger partial charge is 0.267 e. The minimum absolute atomic E-state index is 0.0660. The van der Waals surface area contributed by atoms with Crippen molar-refractivity contribution in [2.75, 3.05) is 0 Å². The quantitative estimate of drug-likeness (QED) is 0.498. The van der Waals surface area contributed by atoms with E-state index in [1.165, 1.54) is 16.0 Å². The van der Waals surface area contributed by atoms with Crippen molar-refractivity contribution in [3.05, 3.63) is 94.4 Å². The molecule has 2 aromatic heterocycles. The zero-order valence-corrected chi connectivity index (χ0v) is 15.1. The lowest BCUT2D eigenvalue weighted by Crippen LogP contribution is -2.20. The second kappa shape index (κ2) is 7.06. The Hall–Kier alpha value is -3.05. The fraction of sp³-hybridized carbons (Fsp3) is 0.0952. The summed E-state index contributed by atoms with van der Waals surface area (Å²) in [6.07, 6.45) is 1.74. The maximum Gasteiger partial charge on any atom is 0.275 e. The summed E-state index contributed by atoms with van der Waals surface area (Å²) in [5.41, 5.74) is 2.91. The molecule has 0 atom stereocenters. The van der Waals surface area contributed by atoms with Gasteiger partial charge in [0.2, 0.25) is 0 Å². The molecule has 0 aliphatic heterocycles. The van der Waals surface area contributed by atoms with Gasteiger partial charge in [0.15, 0.2) is 0 Å². The Morgan fingerprint density at radius 2 is 1.65 bits per heavy atom. The number of aliphatic imine (C=N–C) groups is 1. The van der Waals surface area contributed by atoms with Crippen LogP contribution in [0.3, 0.4) is 0 Å². The third-order valence-corrected chi connectivity index (χ3v) is 5.11. The number of aromatic nitrogens is 2. The maximum atomic E-state index is 12.5. The largest absolute Gasteiger partial charge is 0.275 e. The molecule has 0 radical (unpaired) electrons. The van der Waals surface area contributed by atoms with Crippen molar-refractivity contribution in [2.45, 2.75) is 13.5 Å². The molecule has 0 bridgehead atoms. The first-order valence-corrected chi connectivity index (χ1v) is 9.27.